The van der Waals surface area contributed by atoms with Crippen LogP contribution in [0.15, 0.2) is 47.7 Å². The number of carbonyl (C=O) groups is 2. The van der Waals surface area contributed by atoms with Crippen LogP contribution in [0.25, 0.3) is 0 Å². The lowest BCUT2D eigenvalue weighted by atomic mass is 9.73. The third-order valence-corrected chi connectivity index (χ3v) is 6.17. The van der Waals surface area contributed by atoms with Gasteiger partial charge in [0.25, 0.3) is 0 Å². The Balaban J connectivity index is 1.72. The highest BCUT2D eigenvalue weighted by atomic mass is 16.5. The molecule has 2 aromatic rings. The molecule has 0 fully saturated rings. The number of hydrogen-bond acceptors (Lipinski definition) is 5. The van der Waals surface area contributed by atoms with Crippen molar-refractivity contribution in [2.75, 3.05) is 21.3 Å². The van der Waals surface area contributed by atoms with E-state index in [0.29, 0.717) is 36.5 Å². The molecule has 2 aliphatic rings. The number of carbonyl (C=O) groups excluding carboxylic acids is 2. The zero-order chi connectivity index (χ0) is 22.1. The molecule has 0 saturated heterocycles. The minimum atomic E-state index is -0.197. The quantitative estimate of drug-likeness (QED) is 0.789. The molecule has 31 heavy (non-hydrogen) atoms. The predicted octanol–water partition coefficient (Wildman–Crippen LogP) is 4.03. The van der Waals surface area contributed by atoms with E-state index in [1.807, 2.05) is 43.3 Å². The van der Waals surface area contributed by atoms with E-state index in [4.69, 9.17) is 14.2 Å². The van der Waals surface area contributed by atoms with Crippen LogP contribution in [0.1, 0.15) is 47.8 Å². The molecular formula is C25H27NO5. The number of aryl methyl sites for hydroxylation is 1. The normalized spacial score (nSPS) is 20.8. The maximum absolute atomic E-state index is 13.3. The zero-order valence-electron chi connectivity index (χ0n) is 18.3. The molecule has 0 saturated carbocycles. The van der Waals surface area contributed by atoms with Crippen LogP contribution < -0.4 is 19.5 Å². The third-order valence-electron chi connectivity index (χ3n) is 6.17. The van der Waals surface area contributed by atoms with Gasteiger partial charge in [0.05, 0.1) is 21.3 Å². The van der Waals surface area contributed by atoms with Crippen molar-refractivity contribution in [3.8, 4) is 17.2 Å². The Kier molecular flexibility index (Phi) is 5.72. The number of hydrogen-bond donors (Lipinski definition) is 1. The lowest BCUT2D eigenvalue weighted by molar-refractivity contribution is -0.122. The lowest BCUT2D eigenvalue weighted by Gasteiger charge is -2.34. The summed E-state index contributed by atoms with van der Waals surface area (Å²) in [7, 11) is 4.70. The number of nitrogens with one attached hydrogen (secondary N) is 1. The maximum Gasteiger partial charge on any atom is 0.225 e. The van der Waals surface area contributed by atoms with E-state index in [-0.39, 0.29) is 23.5 Å². The van der Waals surface area contributed by atoms with Crippen LogP contribution in [0.5, 0.6) is 17.2 Å². The van der Waals surface area contributed by atoms with E-state index in [2.05, 4.69) is 5.32 Å². The highest BCUT2D eigenvalue weighted by molar-refractivity contribution is 6.02. The number of ether oxygens (including phenoxy) is 3. The Morgan fingerprint density at radius 1 is 0.839 bits per heavy atom. The van der Waals surface area contributed by atoms with Crippen LogP contribution in [0.3, 0.4) is 0 Å². The minimum Gasteiger partial charge on any atom is -0.493 e. The maximum atomic E-state index is 13.3. The number of ketones is 1. The minimum absolute atomic E-state index is 0.0531. The van der Waals surface area contributed by atoms with Gasteiger partial charge in [-0.15, -0.1) is 0 Å². The predicted molar refractivity (Wildman–Crippen MR) is 117 cm³/mol. The second-order valence-corrected chi connectivity index (χ2v) is 8.09. The van der Waals surface area contributed by atoms with E-state index >= 15 is 0 Å². The Morgan fingerprint density at radius 3 is 2.06 bits per heavy atom. The Bertz CT molecular complexity index is 1030. The molecule has 1 heterocycles. The first kappa shape index (κ1) is 21.0. The molecule has 0 spiro atoms. The lowest BCUT2D eigenvalue weighted by Crippen LogP contribution is -2.38. The average Bonchev–Trinajstić information content (AvgIpc) is 2.77. The molecule has 0 radical (unpaired) electrons. The van der Waals surface area contributed by atoms with Gasteiger partial charge >= 0.3 is 0 Å². The SMILES string of the molecule is COc1cc(C2CC(=O)C3=C(C2)NC(=O)CC3c2ccc(C)cc2)cc(OC)c1OC. The molecule has 2 aromatic carbocycles. The van der Waals surface area contributed by atoms with Gasteiger partial charge in [-0.3, -0.25) is 9.59 Å². The Hall–Kier alpha value is -3.28. The molecule has 0 bridgehead atoms. The number of Topliss-reactive ketones (excluding diaryl/α,β-unsaturated/α-hetero) is 1. The molecular weight excluding hydrogens is 394 g/mol. The summed E-state index contributed by atoms with van der Waals surface area (Å²) in [5.74, 6) is 1.35. The van der Waals surface area contributed by atoms with E-state index in [0.717, 1.165) is 28.0 Å². The van der Waals surface area contributed by atoms with Crippen LogP contribution in [0, 0.1) is 6.92 Å². The summed E-state index contributed by atoms with van der Waals surface area (Å²) in [6.07, 6.45) is 1.24. The summed E-state index contributed by atoms with van der Waals surface area (Å²) >= 11 is 0. The zero-order valence-corrected chi connectivity index (χ0v) is 18.3. The standard InChI is InChI=1S/C25H27NO5/c1-14-5-7-15(8-6-14)18-13-23(28)26-19-9-16(10-20(27)24(18)19)17-11-21(29-2)25(31-4)22(12-17)30-3/h5-8,11-12,16,18H,9-10,13H2,1-4H3,(H,26,28). The van der Waals surface area contributed by atoms with Gasteiger partial charge in [-0.25, -0.2) is 0 Å². The average molecular weight is 421 g/mol. The van der Waals surface area contributed by atoms with Crippen molar-refractivity contribution in [3.05, 3.63) is 64.4 Å². The summed E-state index contributed by atoms with van der Waals surface area (Å²) in [5, 5.41) is 2.97. The molecule has 1 amide bonds. The molecule has 162 valence electrons. The smallest absolute Gasteiger partial charge is 0.225 e. The molecule has 2 unspecified atom stereocenters. The number of rotatable bonds is 5. The van der Waals surface area contributed by atoms with Gasteiger partial charge in [-0.1, -0.05) is 29.8 Å². The van der Waals surface area contributed by atoms with Crippen LogP contribution in [0.2, 0.25) is 0 Å². The van der Waals surface area contributed by atoms with Crippen LogP contribution in [0.4, 0.5) is 0 Å². The van der Waals surface area contributed by atoms with Crippen molar-refractivity contribution in [1.29, 1.82) is 0 Å². The summed E-state index contributed by atoms with van der Waals surface area (Å²) in [4.78, 5) is 25.8. The fraction of sp³-hybridized carbons (Fsp3) is 0.360. The summed E-state index contributed by atoms with van der Waals surface area (Å²) < 4.78 is 16.4. The second-order valence-electron chi connectivity index (χ2n) is 8.09. The van der Waals surface area contributed by atoms with Crippen LogP contribution in [-0.2, 0) is 9.59 Å². The molecule has 1 N–H and O–H groups in total. The molecule has 6 nitrogen and oxygen atoms in total. The largest absolute Gasteiger partial charge is 0.493 e. The first-order valence-electron chi connectivity index (χ1n) is 10.4. The number of methoxy groups -OCH3 is 3. The number of allylic oxidation sites excluding steroid dienone is 2. The van der Waals surface area contributed by atoms with E-state index in [1.54, 1.807) is 21.3 Å². The molecule has 0 aromatic heterocycles. The van der Waals surface area contributed by atoms with E-state index in [9.17, 15) is 9.59 Å². The van der Waals surface area contributed by atoms with Gasteiger partial charge in [0.2, 0.25) is 11.7 Å². The van der Waals surface area contributed by atoms with Crippen molar-refractivity contribution >= 4 is 11.7 Å². The van der Waals surface area contributed by atoms with Crippen LogP contribution >= 0.6 is 0 Å². The van der Waals surface area contributed by atoms with Crippen molar-refractivity contribution in [2.24, 2.45) is 0 Å². The Labute approximate surface area is 182 Å². The van der Waals surface area contributed by atoms with Gasteiger partial charge in [-0.05, 0) is 42.5 Å². The first-order chi connectivity index (χ1) is 14.9. The van der Waals surface area contributed by atoms with Crippen LogP contribution in [-0.4, -0.2) is 33.0 Å². The number of amides is 1. The van der Waals surface area contributed by atoms with Crippen molar-refractivity contribution < 1.29 is 23.8 Å². The van der Waals surface area contributed by atoms with Gasteiger partial charge in [0.1, 0.15) is 0 Å². The summed E-state index contributed by atoms with van der Waals surface area (Å²) in [5.41, 5.74) is 4.55. The van der Waals surface area contributed by atoms with Crippen molar-refractivity contribution in [1.82, 2.24) is 5.32 Å². The van der Waals surface area contributed by atoms with Crippen molar-refractivity contribution in [3.63, 3.8) is 0 Å². The van der Waals surface area contributed by atoms with E-state index in [1.165, 1.54) is 0 Å². The van der Waals surface area contributed by atoms with Crippen molar-refractivity contribution in [2.45, 2.75) is 38.0 Å². The fourth-order valence-corrected chi connectivity index (χ4v) is 4.62. The van der Waals surface area contributed by atoms with Gasteiger partial charge in [0.15, 0.2) is 17.3 Å². The molecule has 4 rings (SSSR count). The van der Waals surface area contributed by atoms with Gasteiger partial charge in [-0.2, -0.15) is 0 Å². The monoisotopic (exact) mass is 421 g/mol. The fourth-order valence-electron chi connectivity index (χ4n) is 4.62. The Morgan fingerprint density at radius 2 is 1.48 bits per heavy atom. The highest BCUT2D eigenvalue weighted by Gasteiger charge is 2.38. The van der Waals surface area contributed by atoms with E-state index < -0.39 is 0 Å². The molecule has 2 atom stereocenters. The molecule has 1 aliphatic carbocycles. The summed E-state index contributed by atoms with van der Waals surface area (Å²) in [6, 6.07) is 11.8. The van der Waals surface area contributed by atoms with Gasteiger partial charge < -0.3 is 19.5 Å². The summed E-state index contributed by atoms with van der Waals surface area (Å²) in [6.45, 7) is 2.02. The second kappa shape index (κ2) is 8.46. The molecule has 1 aliphatic heterocycles. The highest BCUT2D eigenvalue weighted by Crippen LogP contribution is 2.46. The third kappa shape index (κ3) is 3.90. The first-order valence-corrected chi connectivity index (χ1v) is 10.4. The topological polar surface area (TPSA) is 73.9 Å². The molecule has 6 heteroatoms. The van der Waals surface area contributed by atoms with Gasteiger partial charge in [0, 0.05) is 30.0 Å². The number of benzene rings is 2.